The number of carbonyl (C=O) groups excluding carboxylic acids is 1. The van der Waals surface area contributed by atoms with Gasteiger partial charge >= 0.3 is 11.9 Å². The third kappa shape index (κ3) is 5.68. The van der Waals surface area contributed by atoms with E-state index < -0.39 is 50.8 Å². The summed E-state index contributed by atoms with van der Waals surface area (Å²) >= 11 is 4.44. The molecule has 1 saturated carbocycles. The average Bonchev–Trinajstić information content (AvgIpc) is 3.45. The zero-order valence-corrected chi connectivity index (χ0v) is 25.1. The van der Waals surface area contributed by atoms with E-state index in [1.54, 1.807) is 18.5 Å². The molecule has 0 bridgehead atoms. The van der Waals surface area contributed by atoms with Gasteiger partial charge in [0.25, 0.3) is 0 Å². The van der Waals surface area contributed by atoms with Crippen molar-refractivity contribution in [2.24, 2.45) is 16.8 Å². The molecular weight excluding hydrogens is 646 g/mol. The number of aliphatic imine (C=N–C) groups is 1. The van der Waals surface area contributed by atoms with Gasteiger partial charge in [0.1, 0.15) is 6.04 Å². The molecule has 1 aromatic carbocycles. The molecule has 2 N–H and O–H groups in total. The molecule has 15 heteroatoms. The van der Waals surface area contributed by atoms with Crippen LogP contribution >= 0.6 is 27.3 Å². The summed E-state index contributed by atoms with van der Waals surface area (Å²) < 4.78 is 61.5. The lowest BCUT2D eigenvalue weighted by Gasteiger charge is -2.40. The maximum Gasteiger partial charge on any atom is 0.338 e. The van der Waals surface area contributed by atoms with Crippen molar-refractivity contribution in [3.05, 3.63) is 61.7 Å². The molecule has 1 atom stereocenters. The SMILES string of the molecule is CCOC(=O)C1=C(C2CCN(S(=O)(=O)[C@H]3C[C@H](C(=O)O)C3)CC2)NC(c2nccs2)=NC1c1ccc(F)c(F)c1Br. The zero-order chi connectivity index (χ0) is 29.5. The first-order chi connectivity index (χ1) is 19.5. The monoisotopic (exact) mass is 672 g/mol. The van der Waals surface area contributed by atoms with Crippen LogP contribution in [-0.2, 0) is 24.3 Å². The number of benzene rings is 1. The van der Waals surface area contributed by atoms with Crippen molar-refractivity contribution in [1.29, 1.82) is 0 Å². The number of rotatable bonds is 8. The number of halogens is 3. The second-order valence-corrected chi connectivity index (χ2v) is 13.9. The van der Waals surface area contributed by atoms with Gasteiger partial charge in [0.05, 0.1) is 27.8 Å². The number of nitrogens with zero attached hydrogens (tertiary/aromatic N) is 3. The topological polar surface area (TPSA) is 138 Å². The van der Waals surface area contributed by atoms with Crippen molar-refractivity contribution in [3.63, 3.8) is 0 Å². The number of carbonyl (C=O) groups is 2. The number of hydrogen-bond acceptors (Lipinski definition) is 9. The number of carboxylic acid groups (broad SMARTS) is 1. The molecule has 0 spiro atoms. The van der Waals surface area contributed by atoms with Crippen molar-refractivity contribution in [2.45, 2.75) is 43.9 Å². The highest BCUT2D eigenvalue weighted by molar-refractivity contribution is 9.10. The van der Waals surface area contributed by atoms with Crippen LogP contribution in [0.3, 0.4) is 0 Å². The molecule has 1 unspecified atom stereocenters. The van der Waals surface area contributed by atoms with E-state index >= 15 is 0 Å². The van der Waals surface area contributed by atoms with Crippen LogP contribution in [0.4, 0.5) is 8.78 Å². The molecule has 2 aromatic rings. The first-order valence-electron chi connectivity index (χ1n) is 13.0. The molecule has 5 rings (SSSR count). The predicted molar refractivity (Wildman–Crippen MR) is 150 cm³/mol. The Morgan fingerprint density at radius 1 is 1.24 bits per heavy atom. The van der Waals surface area contributed by atoms with Gasteiger partial charge in [-0.1, -0.05) is 6.07 Å². The summed E-state index contributed by atoms with van der Waals surface area (Å²) in [7, 11) is -3.67. The molecule has 41 heavy (non-hydrogen) atoms. The third-order valence-electron chi connectivity index (χ3n) is 7.65. The van der Waals surface area contributed by atoms with E-state index in [0.717, 1.165) is 6.07 Å². The lowest BCUT2D eigenvalue weighted by molar-refractivity contribution is -0.144. The first-order valence-corrected chi connectivity index (χ1v) is 16.2. The number of nitrogens with one attached hydrogen (secondary N) is 1. The van der Waals surface area contributed by atoms with E-state index in [-0.39, 0.29) is 54.1 Å². The summed E-state index contributed by atoms with van der Waals surface area (Å²) in [5.41, 5.74) is 0.818. The van der Waals surface area contributed by atoms with Crippen LogP contribution in [0.25, 0.3) is 0 Å². The van der Waals surface area contributed by atoms with Gasteiger partial charge in [-0.05, 0) is 60.2 Å². The first kappa shape index (κ1) is 29.7. The van der Waals surface area contributed by atoms with Gasteiger partial charge in [-0.3, -0.25) is 9.79 Å². The van der Waals surface area contributed by atoms with Crippen molar-refractivity contribution < 1.29 is 36.6 Å². The minimum atomic E-state index is -3.67. The number of amidine groups is 1. The van der Waals surface area contributed by atoms with Crippen molar-refractivity contribution in [2.75, 3.05) is 19.7 Å². The van der Waals surface area contributed by atoms with Gasteiger partial charge in [0, 0.05) is 36.3 Å². The van der Waals surface area contributed by atoms with E-state index in [9.17, 15) is 26.8 Å². The molecule has 3 heterocycles. The van der Waals surface area contributed by atoms with Crippen molar-refractivity contribution in [1.82, 2.24) is 14.6 Å². The molecule has 2 aliphatic heterocycles. The summed E-state index contributed by atoms with van der Waals surface area (Å²) in [5.74, 6) is -4.46. The smallest absolute Gasteiger partial charge is 0.338 e. The van der Waals surface area contributed by atoms with Gasteiger partial charge in [0.15, 0.2) is 22.5 Å². The number of aliphatic carboxylic acids is 1. The lowest BCUT2D eigenvalue weighted by Crippen LogP contribution is -2.50. The number of hydrogen-bond donors (Lipinski definition) is 2. The summed E-state index contributed by atoms with van der Waals surface area (Å²) in [6.07, 6.45) is 2.49. The van der Waals surface area contributed by atoms with E-state index in [4.69, 9.17) is 14.8 Å². The molecule has 10 nitrogen and oxygen atoms in total. The maximum atomic E-state index is 14.6. The predicted octanol–water partition coefficient (Wildman–Crippen LogP) is 4.00. The summed E-state index contributed by atoms with van der Waals surface area (Å²) in [6.45, 7) is 2.07. The second-order valence-electron chi connectivity index (χ2n) is 10.0. The van der Waals surface area contributed by atoms with Crippen LogP contribution in [0.2, 0.25) is 0 Å². The van der Waals surface area contributed by atoms with Crippen molar-refractivity contribution in [3.8, 4) is 0 Å². The van der Waals surface area contributed by atoms with E-state index in [2.05, 4.69) is 26.2 Å². The molecule has 1 saturated heterocycles. The Labute approximate surface area is 247 Å². The zero-order valence-electron chi connectivity index (χ0n) is 21.8. The van der Waals surface area contributed by atoms with Crippen LogP contribution in [-0.4, -0.2) is 65.5 Å². The summed E-state index contributed by atoms with van der Waals surface area (Å²) in [6, 6.07) is 1.27. The van der Waals surface area contributed by atoms with E-state index in [1.807, 2.05) is 0 Å². The van der Waals surface area contributed by atoms with Crippen LogP contribution in [0, 0.1) is 23.5 Å². The van der Waals surface area contributed by atoms with Gasteiger partial charge in [-0.25, -0.2) is 31.3 Å². The molecule has 3 aliphatic rings. The van der Waals surface area contributed by atoms with Crippen LogP contribution in [0.1, 0.15) is 49.2 Å². The Bertz CT molecular complexity index is 1520. The number of piperidine rings is 1. The van der Waals surface area contributed by atoms with Gasteiger partial charge in [0.2, 0.25) is 10.0 Å². The highest BCUT2D eigenvalue weighted by atomic mass is 79.9. The highest BCUT2D eigenvalue weighted by Gasteiger charge is 2.46. The quantitative estimate of drug-likeness (QED) is 0.317. The number of sulfonamides is 1. The minimum Gasteiger partial charge on any atom is -0.481 e. The molecular formula is C26H27BrF2N4O6S2. The molecule has 220 valence electrons. The Hall–Kier alpha value is -2.75. The molecule has 2 fully saturated rings. The number of esters is 1. The van der Waals surface area contributed by atoms with Crippen molar-refractivity contribution >= 4 is 55.1 Å². The fourth-order valence-corrected chi connectivity index (χ4v) is 8.59. The number of thiazole rings is 1. The molecule has 0 amide bonds. The normalized spacial score (nSPS) is 23.9. The third-order valence-corrected chi connectivity index (χ3v) is 11.6. The Morgan fingerprint density at radius 3 is 2.56 bits per heavy atom. The molecule has 1 aliphatic carbocycles. The van der Waals surface area contributed by atoms with E-state index in [0.29, 0.717) is 29.4 Å². The highest BCUT2D eigenvalue weighted by Crippen LogP contribution is 2.42. The second kappa shape index (κ2) is 11.9. The number of aromatic nitrogens is 1. The summed E-state index contributed by atoms with van der Waals surface area (Å²) in [4.78, 5) is 33.6. The standard InChI is InChI=1S/C26H27BrF2N4O6S2/c1-2-39-26(36)18-21(13-5-8-33(9-6-13)41(37,38)15-11-14(12-15)25(34)35)31-23(24-30-7-10-40-24)32-22(18)16-3-4-17(28)20(29)19(16)27/h3-4,7,10,13-15,22H,2,5-6,8-9,11-12H2,1H3,(H,31,32)(H,34,35)/t14-,15-,22?. The Kier molecular flexibility index (Phi) is 8.60. The summed E-state index contributed by atoms with van der Waals surface area (Å²) in [5, 5.41) is 13.9. The lowest BCUT2D eigenvalue weighted by atomic mass is 9.85. The number of ether oxygens (including phenoxy) is 1. The van der Waals surface area contributed by atoms with Gasteiger partial charge in [-0.2, -0.15) is 0 Å². The fourth-order valence-electron chi connectivity index (χ4n) is 5.37. The Balaban J connectivity index is 1.49. The fraction of sp³-hybridized carbons (Fsp3) is 0.462. The van der Waals surface area contributed by atoms with Crippen LogP contribution < -0.4 is 5.32 Å². The van der Waals surface area contributed by atoms with Gasteiger partial charge < -0.3 is 15.2 Å². The minimum absolute atomic E-state index is 0.0692. The van der Waals surface area contributed by atoms with E-state index in [1.165, 1.54) is 21.7 Å². The maximum absolute atomic E-state index is 14.6. The van der Waals surface area contributed by atoms with Crippen LogP contribution in [0.5, 0.6) is 0 Å². The molecule has 0 radical (unpaired) electrons. The number of allylic oxidation sites excluding steroid dienone is 1. The average molecular weight is 674 g/mol. The van der Waals surface area contributed by atoms with Crippen LogP contribution in [0.15, 0.2) is 44.4 Å². The largest absolute Gasteiger partial charge is 0.481 e. The number of carboxylic acids is 1. The Morgan fingerprint density at radius 2 is 1.95 bits per heavy atom. The molecule has 1 aromatic heterocycles. The van der Waals surface area contributed by atoms with Gasteiger partial charge in [-0.15, -0.1) is 11.3 Å².